The van der Waals surface area contributed by atoms with Crippen LogP contribution in [0.5, 0.6) is 0 Å². The Bertz CT molecular complexity index is 1720. The number of para-hydroxylation sites is 3. The standard InChI is InChI=1S/C24H16ClN5O/c1-29-18-8-4-2-6-16(18)20-22(29)21(28-27-15-12-10-14(25)11-13-15)23-26-17-7-3-5-9-19(17)30(23)24(20)31/h2-13,26H,1H3. The molecular weight excluding hydrogens is 410 g/mol. The number of halogens is 1. The van der Waals surface area contributed by atoms with Crippen molar-refractivity contribution < 1.29 is 0 Å². The van der Waals surface area contributed by atoms with E-state index in [9.17, 15) is 4.79 Å². The Balaban J connectivity index is 1.80. The van der Waals surface area contributed by atoms with Gasteiger partial charge in [-0.05, 0) is 42.5 Å². The summed E-state index contributed by atoms with van der Waals surface area (Å²) in [6, 6.07) is 22.8. The molecule has 0 saturated carbocycles. The Hall–Kier alpha value is -3.90. The molecule has 0 fully saturated rings. The van der Waals surface area contributed by atoms with Crippen LogP contribution in [-0.4, -0.2) is 14.0 Å². The molecule has 0 saturated heterocycles. The van der Waals surface area contributed by atoms with Crippen LogP contribution in [0.15, 0.2) is 87.8 Å². The fourth-order valence-corrected chi connectivity index (χ4v) is 4.40. The van der Waals surface area contributed by atoms with Crippen LogP contribution in [0.1, 0.15) is 0 Å². The Morgan fingerprint density at radius 1 is 0.871 bits per heavy atom. The van der Waals surface area contributed by atoms with Crippen LogP contribution >= 0.6 is 11.6 Å². The molecule has 3 heterocycles. The number of hydrogen-bond acceptors (Lipinski definition) is 3. The van der Waals surface area contributed by atoms with Crippen LogP contribution < -0.4 is 5.56 Å². The van der Waals surface area contributed by atoms with E-state index in [0.29, 0.717) is 27.4 Å². The maximum atomic E-state index is 13.7. The Kier molecular flexibility index (Phi) is 3.79. The predicted molar refractivity (Wildman–Crippen MR) is 125 cm³/mol. The highest BCUT2D eigenvalue weighted by molar-refractivity contribution is 6.30. The minimum absolute atomic E-state index is 0.0790. The van der Waals surface area contributed by atoms with Crippen molar-refractivity contribution in [1.29, 1.82) is 0 Å². The van der Waals surface area contributed by atoms with E-state index >= 15 is 0 Å². The summed E-state index contributed by atoms with van der Waals surface area (Å²) in [6.07, 6.45) is 0. The van der Waals surface area contributed by atoms with E-state index in [1.807, 2.05) is 72.3 Å². The van der Waals surface area contributed by atoms with Crippen LogP contribution in [0.4, 0.5) is 11.4 Å². The summed E-state index contributed by atoms with van der Waals surface area (Å²) in [5, 5.41) is 11.2. The molecule has 6 nitrogen and oxygen atoms in total. The van der Waals surface area contributed by atoms with Gasteiger partial charge in [0.1, 0.15) is 5.65 Å². The lowest BCUT2D eigenvalue weighted by molar-refractivity contribution is 1.01. The van der Waals surface area contributed by atoms with Crippen molar-refractivity contribution in [2.75, 3.05) is 0 Å². The van der Waals surface area contributed by atoms with Crippen molar-refractivity contribution >= 4 is 61.5 Å². The number of benzene rings is 3. The Morgan fingerprint density at radius 2 is 1.58 bits per heavy atom. The van der Waals surface area contributed by atoms with Crippen molar-refractivity contribution in [2.45, 2.75) is 0 Å². The lowest BCUT2D eigenvalue weighted by atomic mass is 10.2. The molecule has 0 radical (unpaired) electrons. The minimum atomic E-state index is -0.0790. The molecule has 0 atom stereocenters. The summed E-state index contributed by atoms with van der Waals surface area (Å²) in [5.74, 6) is 0. The maximum Gasteiger partial charge on any atom is 0.267 e. The van der Waals surface area contributed by atoms with Crippen molar-refractivity contribution in [3.8, 4) is 0 Å². The molecule has 0 bridgehead atoms. The first-order valence-electron chi connectivity index (χ1n) is 9.83. The van der Waals surface area contributed by atoms with Gasteiger partial charge in [0, 0.05) is 23.0 Å². The van der Waals surface area contributed by atoms with Crippen molar-refractivity contribution in [2.24, 2.45) is 17.3 Å². The second kappa shape index (κ2) is 6.55. The van der Waals surface area contributed by atoms with Crippen molar-refractivity contribution in [3.63, 3.8) is 0 Å². The average molecular weight is 426 g/mol. The summed E-state index contributed by atoms with van der Waals surface area (Å²) in [7, 11) is 1.95. The molecular formula is C24H16ClN5O. The number of nitrogens with zero attached hydrogens (tertiary/aromatic N) is 4. The number of H-pyrrole nitrogens is 1. The van der Waals surface area contributed by atoms with Crippen LogP contribution in [0.2, 0.25) is 5.02 Å². The molecule has 150 valence electrons. The van der Waals surface area contributed by atoms with E-state index in [1.54, 1.807) is 16.5 Å². The number of imidazole rings is 1. The number of fused-ring (bicyclic) bond motifs is 6. The highest BCUT2D eigenvalue weighted by Gasteiger charge is 2.21. The molecule has 3 aromatic heterocycles. The fourth-order valence-electron chi connectivity index (χ4n) is 4.28. The van der Waals surface area contributed by atoms with Crippen LogP contribution in [0.3, 0.4) is 0 Å². The third kappa shape index (κ3) is 2.55. The van der Waals surface area contributed by atoms with E-state index in [0.717, 1.165) is 27.5 Å². The number of hydrogen-bond donors (Lipinski definition) is 1. The van der Waals surface area contributed by atoms with Gasteiger partial charge in [0.25, 0.3) is 5.56 Å². The van der Waals surface area contributed by atoms with E-state index < -0.39 is 0 Å². The van der Waals surface area contributed by atoms with Gasteiger partial charge in [-0.1, -0.05) is 41.9 Å². The fraction of sp³-hybridized carbons (Fsp3) is 0.0417. The summed E-state index contributed by atoms with van der Waals surface area (Å²) in [4.78, 5) is 17.1. The predicted octanol–water partition coefficient (Wildman–Crippen LogP) is 6.49. The lowest BCUT2D eigenvalue weighted by Gasteiger charge is -2.04. The first-order valence-corrected chi connectivity index (χ1v) is 10.2. The van der Waals surface area contributed by atoms with Gasteiger partial charge in [0.05, 0.1) is 27.6 Å². The van der Waals surface area contributed by atoms with E-state index in [-0.39, 0.29) is 5.56 Å². The highest BCUT2D eigenvalue weighted by atomic mass is 35.5. The van der Waals surface area contributed by atoms with Crippen LogP contribution in [0, 0.1) is 0 Å². The molecule has 31 heavy (non-hydrogen) atoms. The summed E-state index contributed by atoms with van der Waals surface area (Å²) >= 11 is 5.99. The van der Waals surface area contributed by atoms with E-state index in [4.69, 9.17) is 11.6 Å². The van der Waals surface area contributed by atoms with Gasteiger partial charge in [0.15, 0.2) is 5.69 Å². The summed E-state index contributed by atoms with van der Waals surface area (Å²) in [5.41, 5.74) is 5.20. The normalized spacial score (nSPS) is 12.2. The summed E-state index contributed by atoms with van der Waals surface area (Å²) < 4.78 is 3.70. The molecule has 3 aromatic carbocycles. The Morgan fingerprint density at radius 3 is 2.39 bits per heavy atom. The van der Waals surface area contributed by atoms with Gasteiger partial charge in [-0.15, -0.1) is 5.11 Å². The third-order valence-electron chi connectivity index (χ3n) is 5.69. The smallest absolute Gasteiger partial charge is 0.267 e. The maximum absolute atomic E-state index is 13.7. The average Bonchev–Trinajstić information content (AvgIpc) is 3.32. The summed E-state index contributed by atoms with van der Waals surface area (Å²) in [6.45, 7) is 0. The first kappa shape index (κ1) is 17.9. The number of aromatic nitrogens is 3. The largest absolute Gasteiger partial charge is 0.342 e. The van der Waals surface area contributed by atoms with Gasteiger partial charge in [-0.25, -0.2) is 0 Å². The lowest BCUT2D eigenvalue weighted by Crippen LogP contribution is -2.12. The molecule has 0 unspecified atom stereocenters. The van der Waals surface area contributed by atoms with Gasteiger partial charge in [-0.3, -0.25) is 9.20 Å². The molecule has 6 aromatic rings. The molecule has 0 spiro atoms. The molecule has 0 aliphatic carbocycles. The topological polar surface area (TPSA) is 66.9 Å². The first-order chi connectivity index (χ1) is 15.1. The Labute approximate surface area is 181 Å². The zero-order valence-corrected chi connectivity index (χ0v) is 17.3. The molecule has 0 aliphatic heterocycles. The number of rotatable bonds is 2. The zero-order valence-electron chi connectivity index (χ0n) is 16.5. The monoisotopic (exact) mass is 425 g/mol. The molecule has 0 aliphatic rings. The molecule has 0 amide bonds. The highest BCUT2D eigenvalue weighted by Crippen LogP contribution is 2.36. The van der Waals surface area contributed by atoms with Gasteiger partial charge < -0.3 is 9.55 Å². The SMILES string of the molecule is Cn1c2ccccc2c2c(=O)n3c([nH]c4ccccc43)c(N=Nc3ccc(Cl)cc3)c21. The van der Waals surface area contributed by atoms with E-state index in [1.165, 1.54) is 0 Å². The molecule has 6 rings (SSSR count). The van der Waals surface area contributed by atoms with E-state index in [2.05, 4.69) is 15.2 Å². The molecule has 1 N–H and O–H groups in total. The van der Waals surface area contributed by atoms with Crippen molar-refractivity contribution in [1.82, 2.24) is 14.0 Å². The number of pyridine rings is 1. The zero-order chi connectivity index (χ0) is 21.1. The second-order valence-electron chi connectivity index (χ2n) is 7.46. The number of aromatic amines is 1. The number of aryl methyl sites for hydroxylation is 1. The third-order valence-corrected chi connectivity index (χ3v) is 5.94. The van der Waals surface area contributed by atoms with Crippen LogP contribution in [0.25, 0.3) is 38.5 Å². The van der Waals surface area contributed by atoms with Crippen molar-refractivity contribution in [3.05, 3.63) is 88.2 Å². The second-order valence-corrected chi connectivity index (χ2v) is 7.89. The minimum Gasteiger partial charge on any atom is -0.342 e. The number of azo groups is 1. The van der Waals surface area contributed by atoms with Gasteiger partial charge in [-0.2, -0.15) is 5.11 Å². The van der Waals surface area contributed by atoms with Crippen LogP contribution in [-0.2, 0) is 7.05 Å². The number of nitrogens with one attached hydrogen (secondary N) is 1. The van der Waals surface area contributed by atoms with Gasteiger partial charge in [0.2, 0.25) is 0 Å². The molecule has 7 heteroatoms. The quantitative estimate of drug-likeness (QED) is 0.316. The van der Waals surface area contributed by atoms with Gasteiger partial charge >= 0.3 is 0 Å².